The number of nitrogens with zero attached hydrogens (tertiary/aromatic N) is 9. The highest BCUT2D eigenvalue weighted by molar-refractivity contribution is 5.93. The van der Waals surface area contributed by atoms with Gasteiger partial charge in [0.15, 0.2) is 11.6 Å². The van der Waals surface area contributed by atoms with Gasteiger partial charge in [-0.05, 0) is 57.4 Å². The standard InChI is InChI=1S/C13H11N5O2.2C8H13N3O2.C8H15NO3.C5H13NO2.C5H10O3/c1-14-13-15-5-4-9(18-13)11-16-8-3-2-7(12(19)20)6-10(8)17-11;2*1-9-8-10-5-4-6(11-8)7(12-2)13-3;1-9(2)6-5-7(10)8(11-3)12-4;1-6(2)5(7-3)8-4;1-4(6)5(7-2)8-3/h2-6H,1H3,(H,16,17)(H,19,20)(H,14,15,18);2*4-5,7H,1-3H3,(H,9,10,11);5-6,8H,1-4H3;5H,1-4H3;5H,1-3H3/b;;;6-5+;;. The second-order valence-electron chi connectivity index (χ2n) is 14.5. The predicted molar refractivity (Wildman–Crippen MR) is 276 cm³/mol. The third kappa shape index (κ3) is 25.3. The number of carboxylic acid groups (broad SMARTS) is 1. The largest absolute Gasteiger partial charge is 0.478 e. The molecule has 0 fully saturated rings. The molecule has 27 nitrogen and oxygen atoms in total. The van der Waals surface area contributed by atoms with Gasteiger partial charge in [0.05, 0.1) is 16.6 Å². The minimum atomic E-state index is -0.970. The Morgan fingerprint density at radius 2 is 1.04 bits per heavy atom. The van der Waals surface area contributed by atoms with Crippen LogP contribution in [0.4, 0.5) is 17.8 Å². The van der Waals surface area contributed by atoms with Gasteiger partial charge in [-0.3, -0.25) is 14.5 Å². The second kappa shape index (κ2) is 38.8. The molecule has 0 saturated carbocycles. The molecule has 0 spiro atoms. The minimum Gasteiger partial charge on any atom is -0.478 e. The van der Waals surface area contributed by atoms with Gasteiger partial charge in [0.25, 0.3) is 0 Å². The lowest BCUT2D eigenvalue weighted by molar-refractivity contribution is -0.179. The van der Waals surface area contributed by atoms with E-state index in [9.17, 15) is 14.4 Å². The Morgan fingerprint density at radius 3 is 1.38 bits per heavy atom. The van der Waals surface area contributed by atoms with Gasteiger partial charge >= 0.3 is 5.97 Å². The molecule has 0 bridgehead atoms. The summed E-state index contributed by atoms with van der Waals surface area (Å²) in [6, 6.07) is 9.97. The molecule has 5 N–H and O–H groups in total. The first-order chi connectivity index (χ1) is 35.3. The molecule has 4 heterocycles. The zero-order chi connectivity index (χ0) is 56.2. The third-order valence-corrected chi connectivity index (χ3v) is 8.77. The molecule has 74 heavy (non-hydrogen) atoms. The molecule has 0 aliphatic rings. The first-order valence-electron chi connectivity index (χ1n) is 21.9. The number of fused-ring (bicyclic) bond motifs is 1. The second-order valence-corrected chi connectivity index (χ2v) is 14.5. The predicted octanol–water partition coefficient (Wildman–Crippen LogP) is 3.95. The minimum absolute atomic E-state index is 0.116. The molecule has 0 saturated heterocycles. The Morgan fingerprint density at radius 1 is 0.595 bits per heavy atom. The summed E-state index contributed by atoms with van der Waals surface area (Å²) in [6.07, 6.45) is 5.43. The fraction of sp³-hybridized carbons (Fsp3) is 0.489. The maximum atomic E-state index is 11.1. The lowest BCUT2D eigenvalue weighted by Gasteiger charge is -2.19. The van der Waals surface area contributed by atoms with Crippen LogP contribution in [0.15, 0.2) is 67.3 Å². The number of carbonyl (C=O) groups excluding carboxylic acids is 2. The van der Waals surface area contributed by atoms with Crippen molar-refractivity contribution in [2.45, 2.75) is 38.5 Å². The Hall–Kier alpha value is -6.76. The monoisotopic (exact) mass is 1050 g/mol. The summed E-state index contributed by atoms with van der Waals surface area (Å²) in [5, 5.41) is 17.5. The highest BCUT2D eigenvalue weighted by atomic mass is 16.7. The summed E-state index contributed by atoms with van der Waals surface area (Å²) < 4.78 is 48.6. The maximum Gasteiger partial charge on any atom is 0.335 e. The molecule has 0 unspecified atom stereocenters. The number of hydrogen-bond donors (Lipinski definition) is 5. The van der Waals surface area contributed by atoms with Crippen LogP contribution >= 0.6 is 0 Å². The molecule has 4 aromatic heterocycles. The van der Waals surface area contributed by atoms with E-state index in [2.05, 4.69) is 65.3 Å². The number of ether oxygens (including phenoxy) is 10. The molecule has 412 valence electrons. The van der Waals surface area contributed by atoms with Gasteiger partial charge in [-0.2, -0.15) is 0 Å². The molecule has 5 aromatic rings. The van der Waals surface area contributed by atoms with Gasteiger partial charge in [0, 0.05) is 137 Å². The fourth-order valence-corrected chi connectivity index (χ4v) is 5.37. The Labute approximate surface area is 432 Å². The number of anilines is 3. The van der Waals surface area contributed by atoms with Gasteiger partial charge in [-0.25, -0.2) is 39.7 Å². The Balaban J connectivity index is 0.000000893. The number of carboxylic acids is 1. The van der Waals surface area contributed by atoms with Gasteiger partial charge < -0.3 is 78.3 Å². The van der Waals surface area contributed by atoms with Crippen LogP contribution in [0.3, 0.4) is 0 Å². The molecule has 27 heteroatoms. The van der Waals surface area contributed by atoms with E-state index in [1.165, 1.54) is 47.5 Å². The van der Waals surface area contributed by atoms with Crippen molar-refractivity contribution >= 4 is 46.4 Å². The van der Waals surface area contributed by atoms with Crippen molar-refractivity contribution in [3.63, 3.8) is 0 Å². The molecule has 0 amide bonds. The van der Waals surface area contributed by atoms with E-state index >= 15 is 0 Å². The fourth-order valence-electron chi connectivity index (χ4n) is 5.37. The molecule has 0 aliphatic carbocycles. The summed E-state index contributed by atoms with van der Waals surface area (Å²) in [4.78, 5) is 68.1. The van der Waals surface area contributed by atoms with E-state index in [1.807, 2.05) is 33.1 Å². The lowest BCUT2D eigenvalue weighted by atomic mass is 10.2. The topological polar surface area (TPSA) is 312 Å². The lowest BCUT2D eigenvalue weighted by Crippen LogP contribution is -2.30. The number of aromatic nitrogens is 8. The number of nitrogens with one attached hydrogen (secondary N) is 4. The average molecular weight is 1050 g/mol. The van der Waals surface area contributed by atoms with Gasteiger partial charge in [0.2, 0.25) is 55.2 Å². The molecular weight excluding hydrogens is 971 g/mol. The van der Waals surface area contributed by atoms with Gasteiger partial charge in [-0.1, -0.05) is 0 Å². The Kier molecular flexibility index (Phi) is 35.3. The smallest absolute Gasteiger partial charge is 0.335 e. The number of Topliss-reactive ketones (excluding diaryl/α,β-unsaturated/α-hetero) is 1. The summed E-state index contributed by atoms with van der Waals surface area (Å²) in [7, 11) is 27.9. The first-order valence-corrected chi connectivity index (χ1v) is 21.9. The van der Waals surface area contributed by atoms with Crippen molar-refractivity contribution < 1.29 is 66.9 Å². The normalized spacial score (nSPS) is 10.6. The number of ketones is 2. The van der Waals surface area contributed by atoms with Crippen molar-refractivity contribution in [2.75, 3.05) is 136 Å². The quantitative estimate of drug-likeness (QED) is 0.0484. The summed E-state index contributed by atoms with van der Waals surface area (Å²) in [5.74, 6) is 0.884. The van der Waals surface area contributed by atoms with Crippen LogP contribution in [-0.4, -0.2) is 212 Å². The number of carbonyl (C=O) groups is 3. The van der Waals surface area contributed by atoms with E-state index in [0.29, 0.717) is 51.8 Å². The van der Waals surface area contributed by atoms with Crippen LogP contribution in [0.25, 0.3) is 22.6 Å². The Bertz CT molecular complexity index is 2290. The van der Waals surface area contributed by atoms with Crippen LogP contribution in [0.5, 0.6) is 0 Å². The van der Waals surface area contributed by atoms with E-state index in [0.717, 1.165) is 0 Å². The summed E-state index contributed by atoms with van der Waals surface area (Å²) in [6.45, 7) is 1.41. The number of benzene rings is 1. The van der Waals surface area contributed by atoms with Crippen LogP contribution in [0.1, 0.15) is 41.2 Å². The molecule has 0 aliphatic heterocycles. The van der Waals surface area contributed by atoms with E-state index in [1.54, 1.807) is 124 Å². The van der Waals surface area contributed by atoms with Crippen molar-refractivity contribution in [1.29, 1.82) is 0 Å². The third-order valence-electron chi connectivity index (χ3n) is 8.77. The van der Waals surface area contributed by atoms with Gasteiger partial charge in [-0.15, -0.1) is 0 Å². The molecule has 0 atom stereocenters. The van der Waals surface area contributed by atoms with Crippen LogP contribution < -0.4 is 16.0 Å². The van der Waals surface area contributed by atoms with E-state index in [4.69, 9.17) is 43.0 Å². The maximum absolute atomic E-state index is 11.1. The number of rotatable bonds is 22. The molecular formula is C47H75N13O14. The van der Waals surface area contributed by atoms with Crippen LogP contribution in [-0.2, 0) is 57.0 Å². The number of hydrogen-bond acceptors (Lipinski definition) is 25. The number of aromatic amines is 1. The SMILES string of the molecule is CNc1nccc(-c2nc3ccc(C(=O)O)cc3[nH]2)n1.CNc1nccc(C(OC)OC)n1.CNc1nccc(C(OC)OC)n1.COC(OC)C(=O)/C=C/N(C)C.COC(OC)C(C)=O.COC(OC)N(C)C. The zero-order valence-electron chi connectivity index (χ0n) is 45.5. The molecule has 1 aromatic carbocycles. The van der Waals surface area contributed by atoms with Gasteiger partial charge in [0.1, 0.15) is 17.1 Å². The number of H-pyrrole nitrogens is 1. The van der Waals surface area contributed by atoms with Crippen molar-refractivity contribution in [3.8, 4) is 11.5 Å². The molecule has 0 radical (unpaired) electrons. The zero-order valence-corrected chi connectivity index (χ0v) is 45.5. The average Bonchev–Trinajstić information content (AvgIpc) is 3.85. The van der Waals surface area contributed by atoms with Crippen molar-refractivity contribution in [3.05, 3.63) is 84.2 Å². The number of aromatic carboxylic acids is 1. The number of imidazole rings is 1. The van der Waals surface area contributed by atoms with Crippen LogP contribution in [0.2, 0.25) is 0 Å². The summed E-state index contributed by atoms with van der Waals surface area (Å²) >= 11 is 0. The summed E-state index contributed by atoms with van der Waals surface area (Å²) in [5.41, 5.74) is 3.59. The van der Waals surface area contributed by atoms with E-state index < -0.39 is 31.1 Å². The van der Waals surface area contributed by atoms with Crippen molar-refractivity contribution in [1.82, 2.24) is 49.7 Å². The highest BCUT2D eigenvalue weighted by Gasteiger charge is 2.15. The number of methoxy groups -OCH3 is 10. The van der Waals surface area contributed by atoms with Crippen LogP contribution in [0, 0.1) is 0 Å². The first kappa shape index (κ1) is 67.2. The van der Waals surface area contributed by atoms with Crippen molar-refractivity contribution in [2.24, 2.45) is 0 Å². The van der Waals surface area contributed by atoms with E-state index in [-0.39, 0.29) is 23.5 Å². The molecule has 5 rings (SSSR count). The highest BCUT2D eigenvalue weighted by Crippen LogP contribution is 2.21.